The highest BCUT2D eigenvalue weighted by molar-refractivity contribution is 7.89. The van der Waals surface area contributed by atoms with Crippen molar-refractivity contribution < 1.29 is 27.1 Å². The smallest absolute Gasteiger partial charge is 0.323 e. The summed E-state index contributed by atoms with van der Waals surface area (Å²) in [5.41, 5.74) is 0.682. The number of anilines is 2. The van der Waals surface area contributed by atoms with Crippen LogP contribution in [0.4, 0.5) is 20.6 Å². The van der Waals surface area contributed by atoms with E-state index in [0.29, 0.717) is 12.1 Å². The molecule has 9 nitrogen and oxygen atoms in total. The molecule has 2 N–H and O–H groups in total. The fourth-order valence-corrected chi connectivity index (χ4v) is 4.73. The van der Waals surface area contributed by atoms with E-state index in [-0.39, 0.29) is 36.4 Å². The molecule has 1 aliphatic heterocycles. The SMILES string of the molecule is CCS(=O)(=O)N1C[C@H](Oc2cc(F)cc(NC(=O)Nc3cccnc3)c2)CC1COC. The average molecular weight is 453 g/mol. The van der Waals surface area contributed by atoms with Gasteiger partial charge in [0.1, 0.15) is 17.7 Å². The quantitative estimate of drug-likeness (QED) is 0.637. The van der Waals surface area contributed by atoms with Crippen LogP contribution >= 0.6 is 0 Å². The van der Waals surface area contributed by atoms with Crippen molar-refractivity contribution in [1.29, 1.82) is 0 Å². The van der Waals surface area contributed by atoms with Crippen molar-refractivity contribution in [3.8, 4) is 5.75 Å². The van der Waals surface area contributed by atoms with Gasteiger partial charge in [-0.25, -0.2) is 17.6 Å². The van der Waals surface area contributed by atoms with Gasteiger partial charge in [0.05, 0.1) is 36.8 Å². The van der Waals surface area contributed by atoms with Crippen molar-refractivity contribution in [1.82, 2.24) is 9.29 Å². The van der Waals surface area contributed by atoms with E-state index in [1.165, 1.54) is 29.7 Å². The number of pyridine rings is 1. The highest BCUT2D eigenvalue weighted by Gasteiger charge is 2.39. The van der Waals surface area contributed by atoms with E-state index in [1.54, 1.807) is 25.3 Å². The molecule has 2 heterocycles. The summed E-state index contributed by atoms with van der Waals surface area (Å²) in [4.78, 5) is 16.1. The lowest BCUT2D eigenvalue weighted by atomic mass is 10.2. The topological polar surface area (TPSA) is 110 Å². The molecule has 0 bridgehead atoms. The predicted molar refractivity (Wildman–Crippen MR) is 114 cm³/mol. The minimum Gasteiger partial charge on any atom is -0.489 e. The lowest BCUT2D eigenvalue weighted by Crippen LogP contribution is -2.39. The van der Waals surface area contributed by atoms with Crippen molar-refractivity contribution in [3.05, 3.63) is 48.5 Å². The van der Waals surface area contributed by atoms with Crippen molar-refractivity contribution >= 4 is 27.4 Å². The summed E-state index contributed by atoms with van der Waals surface area (Å²) < 4.78 is 51.2. The highest BCUT2D eigenvalue weighted by atomic mass is 32.2. The number of amides is 2. The van der Waals surface area contributed by atoms with Crippen LogP contribution in [0.5, 0.6) is 5.75 Å². The minimum absolute atomic E-state index is 0.0278. The first-order chi connectivity index (χ1) is 14.8. The van der Waals surface area contributed by atoms with Gasteiger partial charge >= 0.3 is 6.03 Å². The molecule has 2 amide bonds. The molecule has 168 valence electrons. The van der Waals surface area contributed by atoms with Gasteiger partial charge in [0.25, 0.3) is 0 Å². The number of urea groups is 1. The van der Waals surface area contributed by atoms with Gasteiger partial charge in [0.15, 0.2) is 0 Å². The van der Waals surface area contributed by atoms with Gasteiger partial charge in [-0.1, -0.05) is 0 Å². The van der Waals surface area contributed by atoms with Crippen molar-refractivity contribution in [2.75, 3.05) is 36.6 Å². The van der Waals surface area contributed by atoms with E-state index in [1.807, 2.05) is 0 Å². The van der Waals surface area contributed by atoms with Crippen LogP contribution in [-0.4, -0.2) is 61.9 Å². The number of aromatic nitrogens is 1. The van der Waals surface area contributed by atoms with Crippen LogP contribution in [0, 0.1) is 5.82 Å². The van der Waals surface area contributed by atoms with E-state index >= 15 is 0 Å². The first-order valence-electron chi connectivity index (χ1n) is 9.74. The van der Waals surface area contributed by atoms with Gasteiger partial charge in [-0.05, 0) is 25.1 Å². The Kier molecular flexibility index (Phi) is 7.42. The third-order valence-electron chi connectivity index (χ3n) is 4.76. The molecule has 0 aliphatic carbocycles. The molecular weight excluding hydrogens is 427 g/mol. The van der Waals surface area contributed by atoms with Crippen molar-refractivity contribution in [3.63, 3.8) is 0 Å². The Morgan fingerprint density at radius 1 is 1.29 bits per heavy atom. The molecule has 2 aromatic rings. The molecule has 3 rings (SSSR count). The van der Waals surface area contributed by atoms with Crippen molar-refractivity contribution in [2.45, 2.75) is 25.5 Å². The lowest BCUT2D eigenvalue weighted by molar-refractivity contribution is 0.147. The maximum atomic E-state index is 14.1. The normalized spacial score (nSPS) is 19.2. The predicted octanol–water partition coefficient (Wildman–Crippen LogP) is 2.68. The third kappa shape index (κ3) is 6.12. The van der Waals surface area contributed by atoms with Gasteiger partial charge in [-0.15, -0.1) is 0 Å². The summed E-state index contributed by atoms with van der Waals surface area (Å²) in [7, 11) is -1.92. The molecule has 0 spiro atoms. The third-order valence-corrected chi connectivity index (χ3v) is 6.65. The van der Waals surface area contributed by atoms with Crippen LogP contribution in [-0.2, 0) is 14.8 Å². The minimum atomic E-state index is -3.43. The lowest BCUT2D eigenvalue weighted by Gasteiger charge is -2.22. The largest absolute Gasteiger partial charge is 0.489 e. The number of rotatable bonds is 8. The van der Waals surface area contributed by atoms with Gasteiger partial charge in [-0.2, -0.15) is 4.31 Å². The number of benzene rings is 1. The zero-order valence-corrected chi connectivity index (χ0v) is 18.1. The van der Waals surface area contributed by atoms with Crippen LogP contribution < -0.4 is 15.4 Å². The summed E-state index contributed by atoms with van der Waals surface area (Å²) in [5.74, 6) is -0.438. The molecule has 1 fully saturated rings. The van der Waals surface area contributed by atoms with Crippen LogP contribution in [0.15, 0.2) is 42.7 Å². The summed E-state index contributed by atoms with van der Waals surface area (Å²) >= 11 is 0. The summed E-state index contributed by atoms with van der Waals surface area (Å²) in [5, 5.41) is 5.13. The first kappa shape index (κ1) is 22.9. The maximum Gasteiger partial charge on any atom is 0.323 e. The number of ether oxygens (including phenoxy) is 2. The zero-order valence-electron chi connectivity index (χ0n) is 17.2. The number of methoxy groups -OCH3 is 1. The fraction of sp³-hybridized carbons (Fsp3) is 0.400. The number of sulfonamides is 1. The van der Waals surface area contributed by atoms with Crippen LogP contribution in [0.1, 0.15) is 13.3 Å². The second-order valence-corrected chi connectivity index (χ2v) is 9.26. The molecule has 1 saturated heterocycles. The Balaban J connectivity index is 1.68. The van der Waals surface area contributed by atoms with Crippen LogP contribution in [0.25, 0.3) is 0 Å². The number of halogens is 1. The van der Waals surface area contributed by atoms with E-state index in [4.69, 9.17) is 9.47 Å². The molecule has 0 radical (unpaired) electrons. The summed E-state index contributed by atoms with van der Waals surface area (Å²) in [6, 6.07) is 6.25. The Morgan fingerprint density at radius 2 is 2.06 bits per heavy atom. The van der Waals surface area contributed by atoms with Gasteiger partial charge in [-0.3, -0.25) is 4.98 Å². The highest BCUT2D eigenvalue weighted by Crippen LogP contribution is 2.28. The monoisotopic (exact) mass is 452 g/mol. The second kappa shape index (κ2) is 10.0. The number of hydrogen-bond acceptors (Lipinski definition) is 6. The average Bonchev–Trinajstić information content (AvgIpc) is 3.11. The van der Waals surface area contributed by atoms with Crippen LogP contribution in [0.3, 0.4) is 0 Å². The number of hydrogen-bond donors (Lipinski definition) is 2. The molecule has 11 heteroatoms. The zero-order chi connectivity index (χ0) is 22.4. The van der Waals surface area contributed by atoms with E-state index < -0.39 is 28.0 Å². The number of carbonyl (C=O) groups is 1. The van der Waals surface area contributed by atoms with E-state index in [0.717, 1.165) is 6.07 Å². The summed E-state index contributed by atoms with van der Waals surface area (Å²) in [6.07, 6.45) is 2.99. The fourth-order valence-electron chi connectivity index (χ4n) is 3.41. The first-order valence-corrected chi connectivity index (χ1v) is 11.4. The van der Waals surface area contributed by atoms with Gasteiger partial charge in [0, 0.05) is 37.5 Å². The number of nitrogens with one attached hydrogen (secondary N) is 2. The Hall–Kier alpha value is -2.76. The number of carbonyl (C=O) groups excluding carboxylic acids is 1. The standard InChI is InChI=1S/C20H25FN4O5S/c1-3-31(27,28)25-12-19(10-17(25)13-29-2)30-18-8-14(21)7-16(9-18)24-20(26)23-15-5-4-6-22-11-15/h4-9,11,17,19H,3,10,12-13H2,1-2H3,(H2,23,24,26)/t17?,19-/m1/s1. The molecular formula is C20H25FN4O5S. The van der Waals surface area contributed by atoms with E-state index in [2.05, 4.69) is 15.6 Å². The maximum absolute atomic E-state index is 14.1. The van der Waals surface area contributed by atoms with Gasteiger partial charge in [0.2, 0.25) is 10.0 Å². The van der Waals surface area contributed by atoms with E-state index in [9.17, 15) is 17.6 Å². The van der Waals surface area contributed by atoms with Crippen molar-refractivity contribution in [2.24, 2.45) is 0 Å². The Labute approximate surface area is 180 Å². The Bertz CT molecular complexity index is 1010. The van der Waals surface area contributed by atoms with Gasteiger partial charge < -0.3 is 20.1 Å². The molecule has 1 unspecified atom stereocenters. The molecule has 31 heavy (non-hydrogen) atoms. The second-order valence-electron chi connectivity index (χ2n) is 7.05. The summed E-state index contributed by atoms with van der Waals surface area (Å²) in [6.45, 7) is 1.96. The molecule has 1 aromatic carbocycles. The number of nitrogens with zero attached hydrogens (tertiary/aromatic N) is 2. The molecule has 2 atom stereocenters. The van der Waals surface area contributed by atoms with Crippen LogP contribution in [0.2, 0.25) is 0 Å². The Morgan fingerprint density at radius 3 is 2.74 bits per heavy atom. The molecule has 0 saturated carbocycles. The molecule has 1 aromatic heterocycles. The molecule has 1 aliphatic rings.